The summed E-state index contributed by atoms with van der Waals surface area (Å²) in [7, 11) is 0. The molecule has 5 nitrogen and oxygen atoms in total. The molecule has 2 aromatic carbocycles. The Balaban J connectivity index is 1.87. The van der Waals surface area contributed by atoms with Crippen LogP contribution in [0.25, 0.3) is 22.6 Å². The number of nitriles is 1. The lowest BCUT2D eigenvalue weighted by atomic mass is 9.90. The number of nitrogens with one attached hydrogen (secondary N) is 1. The van der Waals surface area contributed by atoms with Gasteiger partial charge in [0.15, 0.2) is 5.76 Å². The van der Waals surface area contributed by atoms with Gasteiger partial charge in [-0.25, -0.2) is 4.98 Å². The minimum Gasteiger partial charge on any atom is -0.431 e. The van der Waals surface area contributed by atoms with Crippen molar-refractivity contribution in [2.24, 2.45) is 5.92 Å². The normalized spacial score (nSPS) is 14.0. The van der Waals surface area contributed by atoms with E-state index in [0.717, 1.165) is 16.8 Å². The van der Waals surface area contributed by atoms with E-state index < -0.39 is 10.8 Å². The van der Waals surface area contributed by atoms with Crippen LogP contribution in [0, 0.1) is 17.2 Å². The van der Waals surface area contributed by atoms with Crippen LogP contribution in [-0.2, 0) is 4.79 Å². The molecule has 6 heteroatoms. The zero-order valence-electron chi connectivity index (χ0n) is 17.5. The SMILES string of the molecule is CC(C)[C@](C)(C#N)NC(=O)[C@H](C)Sc1nc(-c2ccccc2)c(-c2ccccc2)o1. The van der Waals surface area contributed by atoms with Gasteiger partial charge in [-0.05, 0) is 19.8 Å². The molecule has 30 heavy (non-hydrogen) atoms. The Morgan fingerprint density at radius 2 is 1.63 bits per heavy atom. The van der Waals surface area contributed by atoms with E-state index in [1.165, 1.54) is 11.8 Å². The van der Waals surface area contributed by atoms with Gasteiger partial charge in [-0.3, -0.25) is 4.79 Å². The van der Waals surface area contributed by atoms with Crippen LogP contribution in [0.3, 0.4) is 0 Å². The van der Waals surface area contributed by atoms with Crippen LogP contribution in [-0.4, -0.2) is 21.7 Å². The van der Waals surface area contributed by atoms with Crippen molar-refractivity contribution in [3.63, 3.8) is 0 Å². The van der Waals surface area contributed by atoms with Crippen LogP contribution in [0.5, 0.6) is 0 Å². The predicted molar refractivity (Wildman–Crippen MR) is 120 cm³/mol. The minimum atomic E-state index is -0.924. The molecule has 0 bridgehead atoms. The lowest BCUT2D eigenvalue weighted by molar-refractivity contribution is -0.121. The van der Waals surface area contributed by atoms with Gasteiger partial charge in [0.05, 0.1) is 11.3 Å². The van der Waals surface area contributed by atoms with Crippen LogP contribution in [0.1, 0.15) is 27.7 Å². The van der Waals surface area contributed by atoms with E-state index in [0.29, 0.717) is 11.0 Å². The minimum absolute atomic E-state index is 0.0141. The second kappa shape index (κ2) is 9.19. The fourth-order valence-corrected chi connectivity index (χ4v) is 3.54. The van der Waals surface area contributed by atoms with Gasteiger partial charge in [0, 0.05) is 11.1 Å². The first-order valence-electron chi connectivity index (χ1n) is 9.85. The zero-order chi connectivity index (χ0) is 21.7. The molecule has 1 aromatic heterocycles. The Hall–Kier alpha value is -3.04. The van der Waals surface area contributed by atoms with Gasteiger partial charge >= 0.3 is 0 Å². The van der Waals surface area contributed by atoms with Crippen LogP contribution >= 0.6 is 11.8 Å². The summed E-state index contributed by atoms with van der Waals surface area (Å²) >= 11 is 1.24. The highest BCUT2D eigenvalue weighted by Gasteiger charge is 2.32. The van der Waals surface area contributed by atoms with E-state index in [-0.39, 0.29) is 11.8 Å². The molecule has 3 aromatic rings. The van der Waals surface area contributed by atoms with Crippen LogP contribution < -0.4 is 5.32 Å². The van der Waals surface area contributed by atoms with Crippen molar-refractivity contribution in [2.75, 3.05) is 0 Å². The maximum atomic E-state index is 12.7. The van der Waals surface area contributed by atoms with E-state index in [2.05, 4.69) is 16.4 Å². The van der Waals surface area contributed by atoms with E-state index in [9.17, 15) is 10.1 Å². The molecule has 0 fully saturated rings. The number of hydrogen-bond acceptors (Lipinski definition) is 5. The molecular weight excluding hydrogens is 394 g/mol. The van der Waals surface area contributed by atoms with Gasteiger partial charge in [-0.2, -0.15) is 5.26 Å². The summed E-state index contributed by atoms with van der Waals surface area (Å²) in [6, 6.07) is 21.8. The van der Waals surface area contributed by atoms with Crippen molar-refractivity contribution in [3.8, 4) is 28.7 Å². The highest BCUT2D eigenvalue weighted by atomic mass is 32.2. The number of aromatic nitrogens is 1. The fourth-order valence-electron chi connectivity index (χ4n) is 2.79. The molecule has 0 unspecified atom stereocenters. The summed E-state index contributed by atoms with van der Waals surface area (Å²) in [4.78, 5) is 17.4. The first kappa shape index (κ1) is 21.7. The van der Waals surface area contributed by atoms with Gasteiger partial charge in [0.25, 0.3) is 5.22 Å². The quantitative estimate of drug-likeness (QED) is 0.508. The molecule has 1 heterocycles. The number of hydrogen-bond donors (Lipinski definition) is 1. The van der Waals surface area contributed by atoms with E-state index in [1.54, 1.807) is 13.8 Å². The fraction of sp³-hybridized carbons (Fsp3) is 0.292. The largest absolute Gasteiger partial charge is 0.431 e. The molecule has 0 spiro atoms. The summed E-state index contributed by atoms with van der Waals surface area (Å²) in [5, 5.41) is 12.3. The molecular formula is C24H25N3O2S. The smallest absolute Gasteiger partial charge is 0.257 e. The molecule has 3 rings (SSSR count). The maximum Gasteiger partial charge on any atom is 0.257 e. The summed E-state index contributed by atoms with van der Waals surface area (Å²) in [6.07, 6.45) is 0. The molecule has 2 atom stereocenters. The van der Waals surface area contributed by atoms with Gasteiger partial charge < -0.3 is 9.73 Å². The Labute approximate surface area is 181 Å². The van der Waals surface area contributed by atoms with Crippen molar-refractivity contribution >= 4 is 17.7 Å². The van der Waals surface area contributed by atoms with Gasteiger partial charge in [0.2, 0.25) is 5.91 Å². The Bertz CT molecular complexity index is 984. The maximum absolute atomic E-state index is 12.7. The number of carbonyl (C=O) groups excluding carboxylic acids is 1. The number of oxazole rings is 1. The van der Waals surface area contributed by atoms with E-state index in [4.69, 9.17) is 4.42 Å². The summed E-state index contributed by atoms with van der Waals surface area (Å²) in [5.41, 5.74) is 1.68. The van der Waals surface area contributed by atoms with Crippen molar-refractivity contribution in [1.29, 1.82) is 5.26 Å². The highest BCUT2D eigenvalue weighted by Crippen LogP contribution is 2.36. The van der Waals surface area contributed by atoms with Crippen molar-refractivity contribution in [1.82, 2.24) is 10.3 Å². The lowest BCUT2D eigenvalue weighted by Crippen LogP contribution is -2.51. The van der Waals surface area contributed by atoms with Gasteiger partial charge in [-0.15, -0.1) is 0 Å². The molecule has 154 valence electrons. The highest BCUT2D eigenvalue weighted by molar-refractivity contribution is 8.00. The summed E-state index contributed by atoms with van der Waals surface area (Å²) in [5.74, 6) is 0.430. The van der Waals surface area contributed by atoms with Gasteiger partial charge in [-0.1, -0.05) is 86.3 Å². The second-order valence-corrected chi connectivity index (χ2v) is 8.90. The van der Waals surface area contributed by atoms with Crippen molar-refractivity contribution < 1.29 is 9.21 Å². The Kier molecular flexibility index (Phi) is 6.63. The average Bonchev–Trinajstić information content (AvgIpc) is 3.18. The third-order valence-electron chi connectivity index (χ3n) is 5.11. The Morgan fingerprint density at radius 3 is 2.17 bits per heavy atom. The first-order valence-corrected chi connectivity index (χ1v) is 10.7. The molecule has 0 saturated heterocycles. The van der Waals surface area contributed by atoms with Crippen molar-refractivity contribution in [3.05, 3.63) is 60.7 Å². The third kappa shape index (κ3) is 4.74. The number of nitrogens with zero attached hydrogens (tertiary/aromatic N) is 2. The molecule has 0 aliphatic rings. The number of carbonyl (C=O) groups is 1. The zero-order valence-corrected chi connectivity index (χ0v) is 18.4. The number of rotatable bonds is 7. The summed E-state index contributed by atoms with van der Waals surface area (Å²) < 4.78 is 6.09. The van der Waals surface area contributed by atoms with E-state index >= 15 is 0 Å². The van der Waals surface area contributed by atoms with Gasteiger partial charge in [0.1, 0.15) is 11.2 Å². The standard InChI is InChI=1S/C24H25N3O2S/c1-16(2)24(4,15-25)27-22(28)17(3)30-23-26-20(18-11-7-5-8-12-18)21(29-23)19-13-9-6-10-14-19/h5-14,16-17H,1-4H3,(H,27,28)/t17-,24-/m0/s1. The second-order valence-electron chi connectivity index (χ2n) is 7.61. The van der Waals surface area contributed by atoms with Crippen LogP contribution in [0.2, 0.25) is 0 Å². The van der Waals surface area contributed by atoms with Crippen LogP contribution in [0.4, 0.5) is 0 Å². The topological polar surface area (TPSA) is 78.9 Å². The average molecular weight is 420 g/mol. The number of thioether (sulfide) groups is 1. The molecule has 0 aliphatic carbocycles. The molecule has 1 N–H and O–H groups in total. The van der Waals surface area contributed by atoms with Crippen LogP contribution in [0.15, 0.2) is 70.3 Å². The lowest BCUT2D eigenvalue weighted by Gasteiger charge is -2.28. The molecule has 1 amide bonds. The molecule has 0 aliphatic heterocycles. The first-order chi connectivity index (χ1) is 14.3. The monoisotopic (exact) mass is 419 g/mol. The third-order valence-corrected chi connectivity index (χ3v) is 6.05. The predicted octanol–water partition coefficient (Wildman–Crippen LogP) is 5.54. The summed E-state index contributed by atoms with van der Waals surface area (Å²) in [6.45, 7) is 7.34. The number of benzene rings is 2. The molecule has 0 saturated carbocycles. The Morgan fingerprint density at radius 1 is 1.07 bits per heavy atom. The van der Waals surface area contributed by atoms with Crippen molar-refractivity contribution in [2.45, 2.75) is 43.7 Å². The molecule has 0 radical (unpaired) electrons. The van der Waals surface area contributed by atoms with E-state index in [1.807, 2.05) is 74.5 Å². The number of amides is 1.